The summed E-state index contributed by atoms with van der Waals surface area (Å²) in [5.41, 5.74) is 0. The van der Waals surface area contributed by atoms with Crippen molar-refractivity contribution in [1.82, 2.24) is 10.2 Å². The van der Waals surface area contributed by atoms with Crippen LogP contribution in [0.4, 0.5) is 0 Å². The van der Waals surface area contributed by atoms with Crippen LogP contribution in [0.25, 0.3) is 0 Å². The van der Waals surface area contributed by atoms with Crippen molar-refractivity contribution in [2.45, 2.75) is 96.3 Å². The highest BCUT2D eigenvalue weighted by molar-refractivity contribution is 5.00. The minimum Gasteiger partial charge on any atom is -0.314 e. The van der Waals surface area contributed by atoms with E-state index in [1.165, 1.54) is 51.4 Å². The average Bonchev–Trinajstić information content (AvgIpc) is 2.42. The Morgan fingerprint density at radius 1 is 0.950 bits per heavy atom. The first-order valence-corrected chi connectivity index (χ1v) is 9.21. The van der Waals surface area contributed by atoms with E-state index in [1.807, 2.05) is 0 Å². The van der Waals surface area contributed by atoms with Crippen molar-refractivity contribution in [1.29, 1.82) is 0 Å². The van der Waals surface area contributed by atoms with E-state index in [1.54, 1.807) is 0 Å². The summed E-state index contributed by atoms with van der Waals surface area (Å²) in [6, 6.07) is 3.44. The van der Waals surface area contributed by atoms with Crippen molar-refractivity contribution in [3.8, 4) is 0 Å². The monoisotopic (exact) mass is 278 g/mol. The van der Waals surface area contributed by atoms with E-state index in [0.717, 1.165) is 42.5 Å². The summed E-state index contributed by atoms with van der Waals surface area (Å²) in [6.45, 7) is 8.41. The summed E-state index contributed by atoms with van der Waals surface area (Å²) in [5, 5.41) is 3.73. The van der Waals surface area contributed by atoms with Gasteiger partial charge >= 0.3 is 0 Å². The van der Waals surface area contributed by atoms with Crippen molar-refractivity contribution in [3.05, 3.63) is 0 Å². The molecule has 2 aliphatic heterocycles. The smallest absolute Gasteiger partial charge is 0.0129 e. The number of rotatable bonds is 3. The molecule has 20 heavy (non-hydrogen) atoms. The van der Waals surface area contributed by atoms with Gasteiger partial charge in [-0.2, -0.15) is 0 Å². The van der Waals surface area contributed by atoms with Crippen LogP contribution in [0.2, 0.25) is 0 Å². The van der Waals surface area contributed by atoms with Gasteiger partial charge in [0.2, 0.25) is 0 Å². The fourth-order valence-corrected chi connectivity index (χ4v) is 5.39. The lowest BCUT2D eigenvalue weighted by Gasteiger charge is -2.55. The minimum absolute atomic E-state index is 0.794. The molecule has 0 aromatic carbocycles. The molecule has 5 atom stereocenters. The minimum atomic E-state index is 0.794. The molecule has 3 aliphatic rings. The van der Waals surface area contributed by atoms with E-state index in [0.29, 0.717) is 0 Å². The molecule has 1 aliphatic carbocycles. The zero-order valence-corrected chi connectivity index (χ0v) is 13.8. The molecule has 1 saturated carbocycles. The Bertz CT molecular complexity index is 303. The van der Waals surface area contributed by atoms with Crippen molar-refractivity contribution in [2.75, 3.05) is 6.54 Å². The number of fused-ring (bicyclic) bond motifs is 2. The first kappa shape index (κ1) is 14.8. The quantitative estimate of drug-likeness (QED) is 0.844. The van der Waals surface area contributed by atoms with Crippen LogP contribution in [0.15, 0.2) is 0 Å². The van der Waals surface area contributed by atoms with E-state index in [-0.39, 0.29) is 0 Å². The van der Waals surface area contributed by atoms with Crippen LogP contribution in [0, 0.1) is 11.8 Å². The summed E-state index contributed by atoms with van der Waals surface area (Å²) in [7, 11) is 0. The molecule has 3 fully saturated rings. The topological polar surface area (TPSA) is 15.3 Å². The van der Waals surface area contributed by atoms with Crippen molar-refractivity contribution in [2.24, 2.45) is 11.8 Å². The molecule has 2 nitrogen and oxygen atoms in total. The first-order valence-electron chi connectivity index (χ1n) is 9.21. The van der Waals surface area contributed by atoms with Crippen molar-refractivity contribution in [3.63, 3.8) is 0 Å². The van der Waals surface area contributed by atoms with Gasteiger partial charge in [-0.3, -0.25) is 4.90 Å². The average molecular weight is 278 g/mol. The molecule has 3 rings (SSSR count). The number of hydrogen-bond donors (Lipinski definition) is 1. The molecule has 0 spiro atoms. The summed E-state index contributed by atoms with van der Waals surface area (Å²) >= 11 is 0. The second-order valence-corrected chi connectivity index (χ2v) is 7.75. The first-order chi connectivity index (χ1) is 9.70. The highest BCUT2D eigenvalue weighted by Gasteiger charge is 2.44. The second-order valence-electron chi connectivity index (χ2n) is 7.75. The Morgan fingerprint density at radius 3 is 2.25 bits per heavy atom. The van der Waals surface area contributed by atoms with Gasteiger partial charge in [0.1, 0.15) is 0 Å². The summed E-state index contributed by atoms with van der Waals surface area (Å²) in [4.78, 5) is 3.01. The molecule has 2 heteroatoms. The molecular weight excluding hydrogens is 244 g/mol. The van der Waals surface area contributed by atoms with Crippen LogP contribution in [0.3, 0.4) is 0 Å². The van der Waals surface area contributed by atoms with Crippen molar-refractivity contribution < 1.29 is 0 Å². The highest BCUT2D eigenvalue weighted by Crippen LogP contribution is 2.42. The summed E-state index contributed by atoms with van der Waals surface area (Å²) < 4.78 is 0. The lowest BCUT2D eigenvalue weighted by molar-refractivity contribution is -0.0484. The SMILES string of the molecule is CCNC1CC2CCCC(C1)N2C1CCCC(C)C1C. The highest BCUT2D eigenvalue weighted by atomic mass is 15.2. The van der Waals surface area contributed by atoms with Gasteiger partial charge in [-0.05, 0) is 50.5 Å². The number of piperidine rings is 2. The van der Waals surface area contributed by atoms with Gasteiger partial charge in [0.05, 0.1) is 0 Å². The Morgan fingerprint density at radius 2 is 1.60 bits per heavy atom. The fraction of sp³-hybridized carbons (Fsp3) is 1.00. The number of nitrogens with zero attached hydrogens (tertiary/aromatic N) is 1. The van der Waals surface area contributed by atoms with Gasteiger partial charge in [0, 0.05) is 24.2 Å². The third-order valence-corrected chi connectivity index (χ3v) is 6.57. The van der Waals surface area contributed by atoms with E-state index < -0.39 is 0 Å². The molecule has 0 aromatic rings. The predicted octanol–water partition coefficient (Wildman–Crippen LogP) is 3.81. The lowest BCUT2D eigenvalue weighted by atomic mass is 9.73. The Balaban J connectivity index is 1.72. The van der Waals surface area contributed by atoms with Crippen LogP contribution in [-0.2, 0) is 0 Å². The molecule has 1 N–H and O–H groups in total. The maximum atomic E-state index is 3.73. The third kappa shape index (κ3) is 2.78. The van der Waals surface area contributed by atoms with Crippen LogP contribution < -0.4 is 5.32 Å². The standard InChI is InChI=1S/C18H34N2/c1-4-19-15-11-16-8-6-9-17(12-15)20(16)18-10-5-7-13(2)14(18)3/h13-19H,4-12H2,1-3H3. The number of hydrogen-bond acceptors (Lipinski definition) is 2. The zero-order valence-electron chi connectivity index (χ0n) is 13.8. The van der Waals surface area contributed by atoms with Crippen LogP contribution in [0.5, 0.6) is 0 Å². The van der Waals surface area contributed by atoms with E-state index in [9.17, 15) is 0 Å². The van der Waals surface area contributed by atoms with Gasteiger partial charge in [-0.1, -0.05) is 40.0 Å². The zero-order chi connectivity index (χ0) is 14.1. The Labute approximate surface area is 125 Å². The molecule has 2 bridgehead atoms. The molecule has 2 saturated heterocycles. The number of nitrogens with one attached hydrogen (secondary N) is 1. The molecule has 5 unspecified atom stereocenters. The third-order valence-electron chi connectivity index (χ3n) is 6.57. The Hall–Kier alpha value is -0.0800. The normalized spacial score (nSPS) is 46.4. The predicted molar refractivity (Wildman–Crippen MR) is 85.9 cm³/mol. The molecular formula is C18H34N2. The molecule has 0 radical (unpaired) electrons. The second kappa shape index (κ2) is 6.36. The van der Waals surface area contributed by atoms with Gasteiger partial charge < -0.3 is 5.32 Å². The maximum absolute atomic E-state index is 3.73. The summed E-state index contributed by atoms with van der Waals surface area (Å²) in [6.07, 6.45) is 11.6. The maximum Gasteiger partial charge on any atom is 0.0129 e. The molecule has 0 amide bonds. The van der Waals surface area contributed by atoms with Crippen LogP contribution in [0.1, 0.15) is 72.1 Å². The van der Waals surface area contributed by atoms with Gasteiger partial charge in [-0.25, -0.2) is 0 Å². The van der Waals surface area contributed by atoms with Crippen molar-refractivity contribution >= 4 is 0 Å². The largest absolute Gasteiger partial charge is 0.314 e. The van der Waals surface area contributed by atoms with E-state index in [4.69, 9.17) is 0 Å². The van der Waals surface area contributed by atoms with E-state index in [2.05, 4.69) is 31.0 Å². The Kier molecular flexibility index (Phi) is 4.72. The van der Waals surface area contributed by atoms with Gasteiger partial charge in [0.25, 0.3) is 0 Å². The van der Waals surface area contributed by atoms with E-state index >= 15 is 0 Å². The van der Waals surface area contributed by atoms with Gasteiger partial charge in [0.15, 0.2) is 0 Å². The molecule has 116 valence electrons. The van der Waals surface area contributed by atoms with Gasteiger partial charge in [-0.15, -0.1) is 0 Å². The fourth-order valence-electron chi connectivity index (χ4n) is 5.39. The summed E-state index contributed by atoms with van der Waals surface area (Å²) in [5.74, 6) is 1.84. The lowest BCUT2D eigenvalue weighted by Crippen LogP contribution is -2.61. The molecule has 0 aromatic heterocycles. The molecule has 2 heterocycles. The van der Waals surface area contributed by atoms with Crippen LogP contribution in [-0.4, -0.2) is 35.6 Å². The van der Waals surface area contributed by atoms with Crippen LogP contribution >= 0.6 is 0 Å².